The molecule has 0 radical (unpaired) electrons. The average Bonchev–Trinajstić information content (AvgIpc) is 2.28. The quantitative estimate of drug-likeness (QED) is 0.447. The van der Waals surface area contributed by atoms with Crippen molar-refractivity contribution < 1.29 is 9.66 Å². The largest absolute Gasteiger partial charge is 0.379 e. The van der Waals surface area contributed by atoms with E-state index >= 15 is 0 Å². The van der Waals surface area contributed by atoms with Crippen molar-refractivity contribution in [1.82, 2.24) is 4.98 Å². The fraction of sp³-hybridized carbons (Fsp3) is 0.545. The first-order valence-electron chi connectivity index (χ1n) is 5.52. The molecule has 0 bridgehead atoms. The van der Waals surface area contributed by atoms with Crippen LogP contribution in [-0.2, 0) is 4.74 Å². The summed E-state index contributed by atoms with van der Waals surface area (Å²) in [6, 6.07) is 2.96. The van der Waals surface area contributed by atoms with Gasteiger partial charge >= 0.3 is 5.69 Å². The summed E-state index contributed by atoms with van der Waals surface area (Å²) in [5.74, 6) is 0.768. The second-order valence-corrected chi connectivity index (χ2v) is 4.02. The van der Waals surface area contributed by atoms with Crippen molar-refractivity contribution in [1.29, 1.82) is 0 Å². The van der Waals surface area contributed by atoms with Gasteiger partial charge in [0.15, 0.2) is 0 Å². The van der Waals surface area contributed by atoms with Crippen LogP contribution in [0.15, 0.2) is 18.3 Å². The van der Waals surface area contributed by atoms with Crippen LogP contribution in [0.5, 0.6) is 0 Å². The molecule has 1 N–H and O–H groups in total. The van der Waals surface area contributed by atoms with E-state index in [1.54, 1.807) is 6.07 Å². The highest BCUT2D eigenvalue weighted by Crippen LogP contribution is 2.19. The molecule has 1 aromatic heterocycles. The number of hydrogen-bond acceptors (Lipinski definition) is 5. The summed E-state index contributed by atoms with van der Waals surface area (Å²) in [7, 11) is 0. The van der Waals surface area contributed by atoms with E-state index in [9.17, 15) is 10.1 Å². The molecular formula is C11H17N3O3. The van der Waals surface area contributed by atoms with Crippen molar-refractivity contribution in [2.24, 2.45) is 5.92 Å². The minimum atomic E-state index is -0.454. The highest BCUT2D eigenvalue weighted by atomic mass is 16.6. The van der Waals surface area contributed by atoms with Gasteiger partial charge in [0, 0.05) is 25.4 Å². The molecule has 0 atom stereocenters. The van der Waals surface area contributed by atoms with E-state index in [1.165, 1.54) is 12.3 Å². The van der Waals surface area contributed by atoms with Gasteiger partial charge in [-0.1, -0.05) is 13.8 Å². The van der Waals surface area contributed by atoms with E-state index in [4.69, 9.17) is 4.74 Å². The molecule has 6 heteroatoms. The summed E-state index contributed by atoms with van der Waals surface area (Å²) < 4.78 is 5.36. The molecule has 17 heavy (non-hydrogen) atoms. The Morgan fingerprint density at radius 3 is 3.00 bits per heavy atom. The zero-order valence-electron chi connectivity index (χ0n) is 10.0. The van der Waals surface area contributed by atoms with Gasteiger partial charge in [0.2, 0.25) is 5.82 Å². The van der Waals surface area contributed by atoms with E-state index < -0.39 is 4.92 Å². The number of pyridine rings is 1. The van der Waals surface area contributed by atoms with Gasteiger partial charge in [0.25, 0.3) is 0 Å². The molecule has 0 saturated carbocycles. The number of aromatic nitrogens is 1. The number of rotatable bonds is 7. The SMILES string of the molecule is CC(C)COCCNc1ncccc1[N+](=O)[O-]. The molecule has 0 aromatic carbocycles. The Balaban J connectivity index is 2.39. The van der Waals surface area contributed by atoms with Crippen LogP contribution < -0.4 is 5.32 Å². The number of nitrogens with zero attached hydrogens (tertiary/aromatic N) is 2. The Hall–Kier alpha value is -1.69. The first kappa shape index (κ1) is 13.4. The van der Waals surface area contributed by atoms with Gasteiger partial charge < -0.3 is 10.1 Å². The van der Waals surface area contributed by atoms with Gasteiger partial charge in [-0.2, -0.15) is 0 Å². The van der Waals surface area contributed by atoms with Crippen molar-refractivity contribution >= 4 is 11.5 Å². The van der Waals surface area contributed by atoms with Crippen LogP contribution in [0.3, 0.4) is 0 Å². The Labute approximate surface area is 100 Å². The third-order valence-corrected chi connectivity index (χ3v) is 1.97. The van der Waals surface area contributed by atoms with Gasteiger partial charge in [0.05, 0.1) is 11.5 Å². The summed E-state index contributed by atoms with van der Waals surface area (Å²) in [6.07, 6.45) is 1.52. The summed E-state index contributed by atoms with van der Waals surface area (Å²) in [5, 5.41) is 13.6. The molecular weight excluding hydrogens is 222 g/mol. The van der Waals surface area contributed by atoms with Crippen LogP contribution in [0.4, 0.5) is 11.5 Å². The number of anilines is 1. The van der Waals surface area contributed by atoms with Crippen LogP contribution in [0.25, 0.3) is 0 Å². The maximum absolute atomic E-state index is 10.7. The highest BCUT2D eigenvalue weighted by molar-refractivity contribution is 5.54. The number of nitro groups is 1. The summed E-state index contributed by atoms with van der Waals surface area (Å²) >= 11 is 0. The molecule has 0 unspecified atom stereocenters. The van der Waals surface area contributed by atoms with E-state index in [0.717, 1.165) is 0 Å². The third kappa shape index (κ3) is 4.78. The van der Waals surface area contributed by atoms with Gasteiger partial charge in [-0.15, -0.1) is 0 Å². The van der Waals surface area contributed by atoms with E-state index in [-0.39, 0.29) is 11.5 Å². The minimum absolute atomic E-state index is 0.0173. The summed E-state index contributed by atoms with van der Waals surface area (Å²) in [5.41, 5.74) is -0.0173. The smallest absolute Gasteiger partial charge is 0.311 e. The molecule has 0 aliphatic rings. The fourth-order valence-electron chi connectivity index (χ4n) is 1.24. The second kappa shape index (κ2) is 6.80. The lowest BCUT2D eigenvalue weighted by Crippen LogP contribution is -2.13. The van der Waals surface area contributed by atoms with Crippen molar-refractivity contribution in [3.05, 3.63) is 28.4 Å². The topological polar surface area (TPSA) is 77.3 Å². The monoisotopic (exact) mass is 239 g/mol. The number of hydrogen-bond donors (Lipinski definition) is 1. The Morgan fingerprint density at radius 1 is 1.59 bits per heavy atom. The second-order valence-electron chi connectivity index (χ2n) is 4.02. The zero-order valence-corrected chi connectivity index (χ0v) is 10.0. The number of ether oxygens (including phenoxy) is 1. The predicted octanol–water partition coefficient (Wildman–Crippen LogP) is 2.07. The normalized spacial score (nSPS) is 10.5. The molecule has 0 fully saturated rings. The van der Waals surface area contributed by atoms with Crippen LogP contribution in [0.2, 0.25) is 0 Å². The molecule has 1 heterocycles. The Kier molecular flexibility index (Phi) is 5.35. The van der Waals surface area contributed by atoms with Crippen molar-refractivity contribution in [2.45, 2.75) is 13.8 Å². The van der Waals surface area contributed by atoms with Gasteiger partial charge in [-0.3, -0.25) is 10.1 Å². The summed E-state index contributed by atoms with van der Waals surface area (Å²) in [6.45, 7) is 5.83. The molecule has 1 aromatic rings. The van der Waals surface area contributed by atoms with Crippen molar-refractivity contribution in [3.8, 4) is 0 Å². The first-order chi connectivity index (χ1) is 8.11. The van der Waals surface area contributed by atoms with Crippen LogP contribution >= 0.6 is 0 Å². The Bertz CT molecular complexity index is 369. The standard InChI is InChI=1S/C11H17N3O3/c1-9(2)8-17-7-6-13-11-10(14(15)16)4-3-5-12-11/h3-5,9H,6-8H2,1-2H3,(H,12,13). The van der Waals surface area contributed by atoms with E-state index in [2.05, 4.69) is 24.1 Å². The fourth-order valence-corrected chi connectivity index (χ4v) is 1.24. The molecule has 0 aliphatic heterocycles. The van der Waals surface area contributed by atoms with Crippen molar-refractivity contribution in [2.75, 3.05) is 25.1 Å². The molecule has 6 nitrogen and oxygen atoms in total. The molecule has 0 aliphatic carbocycles. The molecule has 0 amide bonds. The lowest BCUT2D eigenvalue weighted by molar-refractivity contribution is -0.384. The van der Waals surface area contributed by atoms with Crippen LogP contribution in [-0.4, -0.2) is 29.7 Å². The Morgan fingerprint density at radius 2 is 2.35 bits per heavy atom. The molecule has 0 spiro atoms. The van der Waals surface area contributed by atoms with Gasteiger partial charge in [-0.25, -0.2) is 4.98 Å². The predicted molar refractivity (Wildman–Crippen MR) is 65.0 cm³/mol. The molecule has 0 saturated heterocycles. The lowest BCUT2D eigenvalue weighted by atomic mass is 10.2. The van der Waals surface area contributed by atoms with E-state index in [1.807, 2.05) is 0 Å². The minimum Gasteiger partial charge on any atom is -0.379 e. The zero-order chi connectivity index (χ0) is 12.7. The maximum atomic E-state index is 10.7. The van der Waals surface area contributed by atoms with Crippen LogP contribution in [0.1, 0.15) is 13.8 Å². The third-order valence-electron chi connectivity index (χ3n) is 1.97. The van der Waals surface area contributed by atoms with Gasteiger partial charge in [-0.05, 0) is 12.0 Å². The maximum Gasteiger partial charge on any atom is 0.311 e. The van der Waals surface area contributed by atoms with Crippen molar-refractivity contribution in [3.63, 3.8) is 0 Å². The van der Waals surface area contributed by atoms with Gasteiger partial charge in [0.1, 0.15) is 0 Å². The highest BCUT2D eigenvalue weighted by Gasteiger charge is 2.12. The number of nitrogens with one attached hydrogen (secondary N) is 1. The first-order valence-corrected chi connectivity index (χ1v) is 5.52. The average molecular weight is 239 g/mol. The summed E-state index contributed by atoms with van der Waals surface area (Å²) in [4.78, 5) is 14.2. The van der Waals surface area contributed by atoms with E-state index in [0.29, 0.717) is 25.7 Å². The van der Waals surface area contributed by atoms with Crippen LogP contribution in [0, 0.1) is 16.0 Å². The lowest BCUT2D eigenvalue weighted by Gasteiger charge is -2.08. The molecule has 94 valence electrons. The molecule has 1 rings (SSSR count).